The van der Waals surface area contributed by atoms with Gasteiger partial charge < -0.3 is 28.4 Å². The summed E-state index contributed by atoms with van der Waals surface area (Å²) in [7, 11) is -4.08. The second kappa shape index (κ2) is 17.2. The standard InChI is InChI=1S/C40H40N2O13S/c1-2-50-15-16-53-19-17-51-13-11-41-37(43)29-7-3-25-27-5-9-31-36-32(10-6-28(34(27)36)26-4-8-30(38(41)44)35(29)33(25)26)40(46)42(39(31)45)12-14-52-18-20-54-21-22-55-23-24-56(47,48)49/h1,3-10H,2,11-24H2,(H,47,48,49). The Morgan fingerprint density at radius 2 is 0.750 bits per heavy atom. The average molecular weight is 789 g/mol. The third kappa shape index (κ3) is 7.83. The smallest absolute Gasteiger partial charge is 0.267 e. The minimum absolute atomic E-state index is 0.0274. The minimum Gasteiger partial charge on any atom is -0.379 e. The molecule has 4 amide bonds. The molecule has 7 rings (SSSR count). The van der Waals surface area contributed by atoms with Crippen LogP contribution in [-0.2, 0) is 38.5 Å². The fourth-order valence-electron chi connectivity index (χ4n) is 7.31. The van der Waals surface area contributed by atoms with Gasteiger partial charge in [0.05, 0.1) is 98.1 Å². The highest BCUT2D eigenvalue weighted by Gasteiger charge is 2.36. The van der Waals surface area contributed by atoms with Crippen LogP contribution in [0.4, 0.5) is 0 Å². The third-order valence-corrected chi connectivity index (χ3v) is 10.5. The Kier molecular flexibility index (Phi) is 12.2. The first-order chi connectivity index (χ1) is 27.1. The molecule has 0 aliphatic carbocycles. The molecule has 1 N–H and O–H groups in total. The van der Waals surface area contributed by atoms with Crippen molar-refractivity contribution in [1.29, 1.82) is 0 Å². The Balaban J connectivity index is 1.04. The van der Waals surface area contributed by atoms with E-state index < -0.39 is 39.5 Å². The van der Waals surface area contributed by atoms with E-state index in [1.807, 2.05) is 24.3 Å². The van der Waals surface area contributed by atoms with Gasteiger partial charge in [-0.25, -0.2) is 0 Å². The second-order valence-corrected chi connectivity index (χ2v) is 14.7. The number of benzene rings is 5. The van der Waals surface area contributed by atoms with Gasteiger partial charge in [0.1, 0.15) is 0 Å². The summed E-state index contributed by atoms with van der Waals surface area (Å²) in [6.45, 7) is 7.74. The third-order valence-electron chi connectivity index (χ3n) is 9.81. The number of carbonyl (C=O) groups excluding carboxylic acids is 4. The number of fused-ring (bicyclic) bond motifs is 2. The van der Waals surface area contributed by atoms with Crippen LogP contribution in [0.2, 0.25) is 0 Å². The molecule has 2 radical (unpaired) electrons. The molecule has 0 bridgehead atoms. The topological polar surface area (TPSA) is 185 Å². The maximum Gasteiger partial charge on any atom is 0.267 e. The van der Waals surface area contributed by atoms with Crippen LogP contribution in [-0.4, -0.2) is 145 Å². The molecule has 2 aliphatic rings. The van der Waals surface area contributed by atoms with Crippen LogP contribution >= 0.6 is 0 Å². The number of rotatable bonds is 22. The first kappa shape index (κ1) is 39.6. The molecule has 294 valence electrons. The number of imide groups is 2. The number of hydrogen-bond donors (Lipinski definition) is 1. The van der Waals surface area contributed by atoms with Crippen LogP contribution in [0.25, 0.3) is 43.1 Å². The van der Waals surface area contributed by atoms with Gasteiger partial charge in [0, 0.05) is 33.0 Å². The average Bonchev–Trinajstić information content (AvgIpc) is 3.18. The maximum atomic E-state index is 13.8. The van der Waals surface area contributed by atoms with E-state index in [2.05, 4.69) is 0 Å². The van der Waals surface area contributed by atoms with E-state index in [0.717, 1.165) is 32.3 Å². The monoisotopic (exact) mass is 788 g/mol. The molecule has 0 unspecified atom stereocenters. The van der Waals surface area contributed by atoms with E-state index in [1.165, 1.54) is 9.80 Å². The summed E-state index contributed by atoms with van der Waals surface area (Å²) in [5, 5.41) is 5.86. The van der Waals surface area contributed by atoms with Crippen molar-refractivity contribution < 1.29 is 60.6 Å². The quantitative estimate of drug-likeness (QED) is 0.0353. The molecule has 0 atom stereocenters. The normalized spacial score (nSPS) is 14.5. The van der Waals surface area contributed by atoms with Gasteiger partial charge in [-0.05, 0) is 63.5 Å². The molecule has 2 heterocycles. The second-order valence-electron chi connectivity index (χ2n) is 13.1. The van der Waals surface area contributed by atoms with E-state index in [-0.39, 0.29) is 65.9 Å². The molecule has 5 aromatic carbocycles. The zero-order valence-corrected chi connectivity index (χ0v) is 31.3. The van der Waals surface area contributed by atoms with Gasteiger partial charge in [-0.1, -0.05) is 24.3 Å². The number of nitrogens with zero attached hydrogens (tertiary/aromatic N) is 2. The molecule has 5 aromatic rings. The van der Waals surface area contributed by atoms with Crippen molar-refractivity contribution in [3.8, 4) is 0 Å². The first-order valence-corrected chi connectivity index (χ1v) is 19.8. The summed E-state index contributed by atoms with van der Waals surface area (Å²) in [4.78, 5) is 57.5. The summed E-state index contributed by atoms with van der Waals surface area (Å²) in [6, 6.07) is 14.3. The Bertz CT molecular complexity index is 2290. The largest absolute Gasteiger partial charge is 0.379 e. The number of hydrogen-bond acceptors (Lipinski definition) is 12. The molecule has 16 heteroatoms. The number of carbonyl (C=O) groups is 4. The summed E-state index contributed by atoms with van der Waals surface area (Å²) in [6.07, 6.45) is 0. The molecule has 0 spiro atoms. The highest BCUT2D eigenvalue weighted by atomic mass is 32.2. The summed E-state index contributed by atoms with van der Waals surface area (Å²) in [5.41, 5.74) is 1.61. The first-order valence-electron chi connectivity index (χ1n) is 18.2. The van der Waals surface area contributed by atoms with Gasteiger partial charge in [-0.15, -0.1) is 0 Å². The van der Waals surface area contributed by atoms with Gasteiger partial charge in [0.15, 0.2) is 0 Å². The molecular weight excluding hydrogens is 749 g/mol. The fourth-order valence-corrected chi connectivity index (χ4v) is 7.64. The predicted molar refractivity (Wildman–Crippen MR) is 204 cm³/mol. The van der Waals surface area contributed by atoms with Crippen molar-refractivity contribution in [2.45, 2.75) is 0 Å². The molecule has 0 saturated heterocycles. The molecule has 2 aliphatic heterocycles. The van der Waals surface area contributed by atoms with E-state index in [1.54, 1.807) is 24.3 Å². The van der Waals surface area contributed by atoms with Crippen LogP contribution in [0, 0.1) is 6.92 Å². The fraction of sp³-hybridized carbons (Fsp3) is 0.375. The zero-order chi connectivity index (χ0) is 39.4. The van der Waals surface area contributed by atoms with E-state index in [4.69, 9.17) is 39.9 Å². The molecule has 56 heavy (non-hydrogen) atoms. The molecule has 0 saturated carbocycles. The summed E-state index contributed by atoms with van der Waals surface area (Å²) in [5.74, 6) is -2.18. The number of amides is 4. The molecule has 0 aromatic heterocycles. The van der Waals surface area contributed by atoms with Gasteiger partial charge in [0.2, 0.25) is 0 Å². The zero-order valence-electron chi connectivity index (χ0n) is 30.5. The van der Waals surface area contributed by atoms with Crippen molar-refractivity contribution in [2.24, 2.45) is 0 Å². The van der Waals surface area contributed by atoms with Crippen LogP contribution in [0.15, 0.2) is 48.5 Å². The lowest BCUT2D eigenvalue weighted by Crippen LogP contribution is -2.42. The van der Waals surface area contributed by atoms with E-state index in [9.17, 15) is 27.6 Å². The Labute approximate surface area is 322 Å². The Morgan fingerprint density at radius 3 is 1.07 bits per heavy atom. The van der Waals surface area contributed by atoms with E-state index >= 15 is 0 Å². The Hall–Kier alpha value is -4.65. The van der Waals surface area contributed by atoms with E-state index in [0.29, 0.717) is 59.5 Å². The van der Waals surface area contributed by atoms with Crippen molar-refractivity contribution in [1.82, 2.24) is 9.80 Å². The lowest BCUT2D eigenvalue weighted by atomic mass is 9.82. The van der Waals surface area contributed by atoms with Crippen molar-refractivity contribution in [3.05, 3.63) is 77.7 Å². The van der Waals surface area contributed by atoms with Crippen molar-refractivity contribution in [3.63, 3.8) is 0 Å². The summed E-state index contributed by atoms with van der Waals surface area (Å²) < 4.78 is 62.3. The predicted octanol–water partition coefficient (Wildman–Crippen LogP) is 3.63. The van der Waals surface area contributed by atoms with Crippen LogP contribution in [0.3, 0.4) is 0 Å². The van der Waals surface area contributed by atoms with Gasteiger partial charge >= 0.3 is 0 Å². The van der Waals surface area contributed by atoms with Crippen molar-refractivity contribution >= 4 is 76.8 Å². The molecule has 0 fully saturated rings. The minimum atomic E-state index is -4.08. The Morgan fingerprint density at radius 1 is 0.446 bits per heavy atom. The SMILES string of the molecule is [CH]COCCOCCOCCN1C(=O)c2ccc3c4ccc5c6c(ccc(c7ccc(c2c37)C1=O)c64)C(=O)N(CCOCCOCCOCCS(=O)(=O)O)C5=O. The summed E-state index contributed by atoms with van der Waals surface area (Å²) >= 11 is 0. The van der Waals surface area contributed by atoms with Crippen molar-refractivity contribution in [2.75, 3.05) is 98.1 Å². The van der Waals surface area contributed by atoms with Gasteiger partial charge in [-0.3, -0.25) is 33.5 Å². The van der Waals surface area contributed by atoms with Gasteiger partial charge in [0.25, 0.3) is 33.7 Å². The highest BCUT2D eigenvalue weighted by Crippen LogP contribution is 2.46. The lowest BCUT2D eigenvalue weighted by Gasteiger charge is -2.30. The van der Waals surface area contributed by atoms with Gasteiger partial charge in [-0.2, -0.15) is 8.42 Å². The van der Waals surface area contributed by atoms with Crippen LogP contribution in [0.5, 0.6) is 0 Å². The van der Waals surface area contributed by atoms with Crippen LogP contribution in [0.1, 0.15) is 41.4 Å². The number of ether oxygens (including phenoxy) is 6. The highest BCUT2D eigenvalue weighted by molar-refractivity contribution is 7.85. The molecule has 15 nitrogen and oxygen atoms in total. The van der Waals surface area contributed by atoms with Crippen LogP contribution < -0.4 is 0 Å². The maximum absolute atomic E-state index is 13.8. The molecular formula is C40H40N2O13S. The lowest BCUT2D eigenvalue weighted by molar-refractivity contribution is 0.0128.